The second-order valence-corrected chi connectivity index (χ2v) is 7.52. The Morgan fingerprint density at radius 3 is 2.28 bits per heavy atom. The number of carbonyl (C=O) groups excluding carboxylic acids is 1. The molecule has 6 heteroatoms. The monoisotopic (exact) mass is 290 g/mol. The SMILES string of the molecule is CC(C)(C)OC(=O)N1CC2(CCN(SS)CC2)C1. The Hall–Kier alpha value is -0.0700. The number of likely N-dealkylation sites (tertiary alicyclic amines) is 1. The fourth-order valence-electron chi connectivity index (χ4n) is 2.58. The van der Waals surface area contributed by atoms with E-state index in [0.717, 1.165) is 39.0 Å². The highest BCUT2D eigenvalue weighted by atomic mass is 33.1. The molecular weight excluding hydrogens is 268 g/mol. The van der Waals surface area contributed by atoms with E-state index in [1.54, 1.807) is 0 Å². The number of nitrogens with zero attached hydrogens (tertiary/aromatic N) is 2. The maximum Gasteiger partial charge on any atom is 0.410 e. The summed E-state index contributed by atoms with van der Waals surface area (Å²) in [6.45, 7) is 9.56. The quantitative estimate of drug-likeness (QED) is 0.457. The highest BCUT2D eigenvalue weighted by Gasteiger charge is 2.47. The molecule has 0 N–H and O–H groups in total. The average molecular weight is 290 g/mol. The van der Waals surface area contributed by atoms with Crippen LogP contribution in [0.15, 0.2) is 0 Å². The van der Waals surface area contributed by atoms with Crippen molar-refractivity contribution in [3.8, 4) is 0 Å². The number of amides is 1. The summed E-state index contributed by atoms with van der Waals surface area (Å²) in [5.74, 6) is 0. The van der Waals surface area contributed by atoms with Gasteiger partial charge in [-0.05, 0) is 44.6 Å². The van der Waals surface area contributed by atoms with Gasteiger partial charge in [0, 0.05) is 31.6 Å². The Labute approximate surface area is 118 Å². The zero-order chi connectivity index (χ0) is 13.4. The number of thiol groups is 1. The Kier molecular flexibility index (Phi) is 4.09. The normalized spacial score (nSPS) is 23.9. The molecule has 0 aromatic rings. The lowest BCUT2D eigenvalue weighted by atomic mass is 9.72. The highest BCUT2D eigenvalue weighted by molar-refractivity contribution is 8.67. The van der Waals surface area contributed by atoms with Crippen LogP contribution in [-0.2, 0) is 4.74 Å². The van der Waals surface area contributed by atoms with Crippen molar-refractivity contribution in [3.05, 3.63) is 0 Å². The van der Waals surface area contributed by atoms with E-state index in [1.807, 2.05) is 25.7 Å². The molecule has 2 fully saturated rings. The van der Waals surface area contributed by atoms with E-state index in [0.29, 0.717) is 5.41 Å². The first kappa shape index (κ1) is 14.3. The van der Waals surface area contributed by atoms with Gasteiger partial charge in [-0.15, -0.1) is 0 Å². The maximum atomic E-state index is 11.9. The van der Waals surface area contributed by atoms with Crippen LogP contribution in [0.5, 0.6) is 0 Å². The Morgan fingerprint density at radius 2 is 1.83 bits per heavy atom. The molecule has 104 valence electrons. The number of hydrogen-bond acceptors (Lipinski definition) is 5. The fourth-order valence-corrected chi connectivity index (χ4v) is 3.41. The molecule has 2 aliphatic rings. The van der Waals surface area contributed by atoms with Crippen LogP contribution in [0, 0.1) is 5.41 Å². The number of rotatable bonds is 1. The smallest absolute Gasteiger partial charge is 0.410 e. The molecule has 1 spiro atoms. The molecule has 2 heterocycles. The molecule has 2 aliphatic heterocycles. The second kappa shape index (κ2) is 5.13. The predicted octanol–water partition coefficient (Wildman–Crippen LogP) is 2.81. The van der Waals surface area contributed by atoms with E-state index in [1.165, 1.54) is 11.0 Å². The van der Waals surface area contributed by atoms with Crippen molar-refractivity contribution in [2.24, 2.45) is 5.41 Å². The Bertz CT molecular complexity index is 315. The lowest BCUT2D eigenvalue weighted by molar-refractivity contribution is -0.0513. The van der Waals surface area contributed by atoms with E-state index in [2.05, 4.69) is 16.0 Å². The van der Waals surface area contributed by atoms with Crippen molar-refractivity contribution in [2.45, 2.75) is 39.2 Å². The third-order valence-corrected chi connectivity index (χ3v) is 4.89. The van der Waals surface area contributed by atoms with Gasteiger partial charge in [0.05, 0.1) is 0 Å². The number of piperidine rings is 1. The van der Waals surface area contributed by atoms with Crippen LogP contribution >= 0.6 is 22.6 Å². The average Bonchev–Trinajstić information content (AvgIpc) is 2.23. The van der Waals surface area contributed by atoms with Crippen LogP contribution in [0.2, 0.25) is 0 Å². The lowest BCUT2D eigenvalue weighted by Gasteiger charge is -2.53. The molecule has 1 amide bonds. The van der Waals surface area contributed by atoms with Crippen LogP contribution in [0.25, 0.3) is 0 Å². The zero-order valence-corrected chi connectivity index (χ0v) is 13.0. The van der Waals surface area contributed by atoms with Crippen LogP contribution in [-0.4, -0.2) is 47.1 Å². The second-order valence-electron chi connectivity index (χ2n) is 6.35. The molecule has 2 saturated heterocycles. The molecule has 18 heavy (non-hydrogen) atoms. The summed E-state index contributed by atoms with van der Waals surface area (Å²) in [6.07, 6.45) is 2.14. The third-order valence-electron chi connectivity index (χ3n) is 3.60. The molecule has 0 radical (unpaired) electrons. The van der Waals surface area contributed by atoms with E-state index in [4.69, 9.17) is 4.74 Å². The van der Waals surface area contributed by atoms with Crippen LogP contribution in [0.3, 0.4) is 0 Å². The maximum absolute atomic E-state index is 11.9. The van der Waals surface area contributed by atoms with Crippen molar-refractivity contribution in [2.75, 3.05) is 26.2 Å². The van der Waals surface area contributed by atoms with Gasteiger partial charge in [-0.3, -0.25) is 0 Å². The molecule has 4 nitrogen and oxygen atoms in total. The van der Waals surface area contributed by atoms with Gasteiger partial charge in [0.15, 0.2) is 0 Å². The first-order valence-electron chi connectivity index (χ1n) is 6.38. The third kappa shape index (κ3) is 3.27. The molecule has 0 bridgehead atoms. The van der Waals surface area contributed by atoms with Gasteiger partial charge in [0.25, 0.3) is 0 Å². The van der Waals surface area contributed by atoms with Crippen molar-refractivity contribution in [1.82, 2.24) is 9.21 Å². The largest absolute Gasteiger partial charge is 0.444 e. The molecule has 0 saturated carbocycles. The van der Waals surface area contributed by atoms with E-state index in [-0.39, 0.29) is 6.09 Å². The van der Waals surface area contributed by atoms with Crippen molar-refractivity contribution in [1.29, 1.82) is 0 Å². The predicted molar refractivity (Wildman–Crippen MR) is 77.6 cm³/mol. The summed E-state index contributed by atoms with van der Waals surface area (Å²) >= 11 is 4.22. The summed E-state index contributed by atoms with van der Waals surface area (Å²) in [4.78, 5) is 13.7. The van der Waals surface area contributed by atoms with Crippen LogP contribution in [0.1, 0.15) is 33.6 Å². The molecule has 0 aliphatic carbocycles. The van der Waals surface area contributed by atoms with Gasteiger partial charge in [0.1, 0.15) is 5.60 Å². The summed E-state index contributed by atoms with van der Waals surface area (Å²) in [6, 6.07) is 0. The van der Waals surface area contributed by atoms with Gasteiger partial charge >= 0.3 is 6.09 Å². The molecular formula is C12H22N2O2S2. The van der Waals surface area contributed by atoms with E-state index in [9.17, 15) is 4.79 Å². The minimum Gasteiger partial charge on any atom is -0.444 e. The van der Waals surface area contributed by atoms with Gasteiger partial charge in [-0.25, -0.2) is 9.10 Å². The minimum atomic E-state index is -0.397. The first-order chi connectivity index (χ1) is 8.34. The van der Waals surface area contributed by atoms with E-state index < -0.39 is 5.60 Å². The fraction of sp³-hybridized carbons (Fsp3) is 0.917. The topological polar surface area (TPSA) is 32.8 Å². The van der Waals surface area contributed by atoms with Gasteiger partial charge in [-0.1, -0.05) is 11.7 Å². The summed E-state index contributed by atoms with van der Waals surface area (Å²) in [7, 11) is 1.52. The molecule has 0 aromatic carbocycles. The summed E-state index contributed by atoms with van der Waals surface area (Å²) < 4.78 is 7.65. The first-order valence-corrected chi connectivity index (χ1v) is 8.21. The van der Waals surface area contributed by atoms with Crippen molar-refractivity contribution < 1.29 is 9.53 Å². The van der Waals surface area contributed by atoms with Gasteiger partial charge in [-0.2, -0.15) is 0 Å². The van der Waals surface area contributed by atoms with Gasteiger partial charge < -0.3 is 9.64 Å². The molecule has 0 aromatic heterocycles. The zero-order valence-electron chi connectivity index (χ0n) is 11.3. The Balaban J connectivity index is 1.78. The minimum absolute atomic E-state index is 0.167. The van der Waals surface area contributed by atoms with Crippen LogP contribution in [0.4, 0.5) is 4.79 Å². The molecule has 0 atom stereocenters. The van der Waals surface area contributed by atoms with Crippen molar-refractivity contribution in [3.63, 3.8) is 0 Å². The molecule has 2 rings (SSSR count). The molecule has 0 unspecified atom stereocenters. The van der Waals surface area contributed by atoms with E-state index >= 15 is 0 Å². The Morgan fingerprint density at radius 1 is 1.28 bits per heavy atom. The van der Waals surface area contributed by atoms with Crippen molar-refractivity contribution >= 4 is 28.7 Å². The summed E-state index contributed by atoms with van der Waals surface area (Å²) in [5.41, 5.74) is -0.0528. The lowest BCUT2D eigenvalue weighted by Crippen LogP contribution is -2.61. The number of hydrogen-bond donors (Lipinski definition) is 1. The van der Waals surface area contributed by atoms with Crippen LogP contribution < -0.4 is 0 Å². The highest BCUT2D eigenvalue weighted by Crippen LogP contribution is 2.42. The number of carbonyl (C=O) groups is 1. The number of ether oxygens (including phenoxy) is 1. The summed E-state index contributed by atoms with van der Waals surface area (Å²) in [5, 5.41) is 0. The van der Waals surface area contributed by atoms with Gasteiger partial charge in [0.2, 0.25) is 0 Å². The standard InChI is InChI=1S/C12H22N2O2S2/c1-11(2,3)16-10(15)13-8-12(9-13)4-6-14(18-17)7-5-12/h17H,4-9H2,1-3H3.